The number of benzene rings is 1. The van der Waals surface area contributed by atoms with E-state index in [9.17, 15) is 4.79 Å². The van der Waals surface area contributed by atoms with Gasteiger partial charge in [0.15, 0.2) is 17.3 Å². The molecule has 0 fully saturated rings. The van der Waals surface area contributed by atoms with E-state index in [-0.39, 0.29) is 11.2 Å². The van der Waals surface area contributed by atoms with Gasteiger partial charge in [0, 0.05) is 5.56 Å². The second-order valence-electron chi connectivity index (χ2n) is 7.54. The average Bonchev–Trinajstić information content (AvgIpc) is 2.39. The van der Waals surface area contributed by atoms with Gasteiger partial charge in [-0.15, -0.1) is 0 Å². The number of ether oxygens (including phenoxy) is 3. The normalized spacial score (nSPS) is 16.6. The van der Waals surface area contributed by atoms with Crippen LogP contribution in [0.1, 0.15) is 70.8 Å². The number of Topliss-reactive ketones (excluding diaryl/α,β-unsaturated/α-hetero) is 1. The maximum atomic E-state index is 12.6. The van der Waals surface area contributed by atoms with Crippen LogP contribution in [0.2, 0.25) is 0 Å². The number of carbonyl (C=O) groups excluding carboxylic acids is 1. The van der Waals surface area contributed by atoms with Crippen LogP contribution in [0.4, 0.5) is 0 Å². The molecule has 0 radical (unpaired) electrons. The molecule has 0 saturated carbocycles. The van der Waals surface area contributed by atoms with E-state index in [4.69, 9.17) is 14.2 Å². The lowest BCUT2D eigenvalue weighted by Gasteiger charge is -2.35. The molecule has 1 aliphatic rings. The summed E-state index contributed by atoms with van der Waals surface area (Å²) < 4.78 is 17.9. The van der Waals surface area contributed by atoms with Gasteiger partial charge < -0.3 is 14.2 Å². The van der Waals surface area contributed by atoms with Crippen LogP contribution in [-0.4, -0.2) is 24.6 Å². The van der Waals surface area contributed by atoms with Crippen LogP contribution in [0.5, 0.6) is 17.2 Å². The van der Waals surface area contributed by atoms with E-state index < -0.39 is 5.60 Å². The van der Waals surface area contributed by atoms with Crippen molar-refractivity contribution >= 4 is 5.78 Å². The minimum atomic E-state index is -0.539. The summed E-state index contributed by atoms with van der Waals surface area (Å²) >= 11 is 0. The first-order chi connectivity index (χ1) is 10.6. The summed E-state index contributed by atoms with van der Waals surface area (Å²) in [6, 6.07) is 1.92. The fraction of sp³-hybridized carbons (Fsp3) is 0.632. The Morgan fingerprint density at radius 3 is 2.22 bits per heavy atom. The molecule has 0 bridgehead atoms. The molecule has 4 heteroatoms. The summed E-state index contributed by atoms with van der Waals surface area (Å²) in [6.07, 6.45) is 0.364. The van der Waals surface area contributed by atoms with Gasteiger partial charge >= 0.3 is 0 Å². The first-order valence-corrected chi connectivity index (χ1v) is 8.30. The van der Waals surface area contributed by atoms with Crippen LogP contribution < -0.4 is 14.2 Å². The number of hydrogen-bond donors (Lipinski definition) is 0. The quantitative estimate of drug-likeness (QED) is 0.818. The highest BCUT2D eigenvalue weighted by molar-refractivity contribution is 6.02. The van der Waals surface area contributed by atoms with Crippen molar-refractivity contribution in [1.82, 2.24) is 0 Å². The predicted octanol–water partition coefficient (Wildman–Crippen LogP) is 4.53. The highest BCUT2D eigenvalue weighted by Gasteiger charge is 2.38. The van der Waals surface area contributed by atoms with Gasteiger partial charge in [0.25, 0.3) is 0 Å². The zero-order chi connectivity index (χ0) is 17.4. The van der Waals surface area contributed by atoms with Crippen LogP contribution in [0.3, 0.4) is 0 Å². The van der Waals surface area contributed by atoms with Gasteiger partial charge in [-0.05, 0) is 39.2 Å². The molecule has 0 aromatic heterocycles. The minimum absolute atomic E-state index is 0.0887. The monoisotopic (exact) mass is 320 g/mol. The zero-order valence-electron chi connectivity index (χ0n) is 15.3. The number of ketones is 1. The molecule has 0 N–H and O–H groups in total. The van der Waals surface area contributed by atoms with E-state index in [1.807, 2.05) is 33.8 Å². The summed E-state index contributed by atoms with van der Waals surface area (Å²) in [5.41, 5.74) is 0.862. The molecule has 128 valence electrons. The van der Waals surface area contributed by atoms with Crippen molar-refractivity contribution in [2.45, 2.75) is 65.9 Å². The topological polar surface area (TPSA) is 44.8 Å². The average molecular weight is 320 g/mol. The molecule has 23 heavy (non-hydrogen) atoms. The number of hydrogen-bond acceptors (Lipinski definition) is 4. The van der Waals surface area contributed by atoms with Crippen LogP contribution >= 0.6 is 0 Å². The van der Waals surface area contributed by atoms with Gasteiger partial charge in [-0.25, -0.2) is 0 Å². The Kier molecular flexibility index (Phi) is 4.65. The predicted molar refractivity (Wildman–Crippen MR) is 91.1 cm³/mol. The van der Waals surface area contributed by atoms with Gasteiger partial charge in [0.2, 0.25) is 5.75 Å². The second kappa shape index (κ2) is 6.06. The molecule has 4 nitrogen and oxygen atoms in total. The van der Waals surface area contributed by atoms with Crippen LogP contribution in [0, 0.1) is 0 Å². The Bertz CT molecular complexity index is 609. The fourth-order valence-corrected chi connectivity index (χ4v) is 2.85. The van der Waals surface area contributed by atoms with E-state index in [0.29, 0.717) is 42.4 Å². The molecule has 0 aliphatic carbocycles. The number of carbonyl (C=O) groups is 1. The highest BCUT2D eigenvalue weighted by atomic mass is 16.6. The maximum Gasteiger partial charge on any atom is 0.204 e. The van der Waals surface area contributed by atoms with Gasteiger partial charge in [-0.1, -0.05) is 20.8 Å². The molecule has 1 heterocycles. The van der Waals surface area contributed by atoms with Gasteiger partial charge in [-0.3, -0.25) is 4.79 Å². The molecule has 1 aromatic carbocycles. The third-order valence-electron chi connectivity index (χ3n) is 3.84. The van der Waals surface area contributed by atoms with Crippen molar-refractivity contribution in [3.8, 4) is 17.2 Å². The summed E-state index contributed by atoms with van der Waals surface area (Å²) in [6.45, 7) is 15.0. The van der Waals surface area contributed by atoms with Crippen molar-refractivity contribution in [3.63, 3.8) is 0 Å². The molecule has 0 spiro atoms. The second-order valence-corrected chi connectivity index (χ2v) is 7.54. The van der Waals surface area contributed by atoms with E-state index in [1.54, 1.807) is 0 Å². The molecular formula is C19H28O4. The molecule has 1 aromatic rings. The summed E-state index contributed by atoms with van der Waals surface area (Å²) in [5.74, 6) is 1.85. The molecular weight excluding hydrogens is 292 g/mol. The Labute approximate surface area is 139 Å². The fourth-order valence-electron chi connectivity index (χ4n) is 2.85. The van der Waals surface area contributed by atoms with Crippen LogP contribution in [-0.2, 0) is 5.41 Å². The van der Waals surface area contributed by atoms with E-state index in [0.717, 1.165) is 5.56 Å². The van der Waals surface area contributed by atoms with E-state index in [1.165, 1.54) is 0 Å². The zero-order valence-corrected chi connectivity index (χ0v) is 15.3. The largest absolute Gasteiger partial charge is 0.490 e. The molecule has 0 amide bonds. The lowest BCUT2D eigenvalue weighted by Crippen LogP contribution is -2.36. The Morgan fingerprint density at radius 1 is 1.13 bits per heavy atom. The van der Waals surface area contributed by atoms with Gasteiger partial charge in [0.05, 0.1) is 25.2 Å². The van der Waals surface area contributed by atoms with Crippen LogP contribution in [0.25, 0.3) is 0 Å². The number of rotatable bonds is 4. The lowest BCUT2D eigenvalue weighted by atomic mass is 9.82. The first kappa shape index (κ1) is 17.6. The smallest absolute Gasteiger partial charge is 0.204 e. The SMILES string of the molecule is CCOc1c(C(C)(C)C)cc2c(c1OCC)OC(C)(C)CC2=O. The third kappa shape index (κ3) is 3.46. The summed E-state index contributed by atoms with van der Waals surface area (Å²) in [4.78, 5) is 12.6. The maximum absolute atomic E-state index is 12.6. The van der Waals surface area contributed by atoms with Gasteiger partial charge in [0.1, 0.15) is 5.60 Å². The lowest BCUT2D eigenvalue weighted by molar-refractivity contribution is 0.0591. The minimum Gasteiger partial charge on any atom is -0.490 e. The van der Waals surface area contributed by atoms with Crippen molar-refractivity contribution < 1.29 is 19.0 Å². The number of fused-ring (bicyclic) bond motifs is 1. The Hall–Kier alpha value is -1.71. The van der Waals surface area contributed by atoms with Crippen LogP contribution in [0.15, 0.2) is 6.07 Å². The molecule has 1 aliphatic heterocycles. The summed E-state index contributed by atoms with van der Waals surface area (Å²) in [5, 5.41) is 0. The highest BCUT2D eigenvalue weighted by Crippen LogP contribution is 2.50. The molecule has 0 atom stereocenters. The molecule has 0 saturated heterocycles. The summed E-state index contributed by atoms with van der Waals surface area (Å²) in [7, 11) is 0. The molecule has 0 unspecified atom stereocenters. The standard InChI is InChI=1S/C19H28O4/c1-8-21-16-13(18(3,4)5)10-12-14(20)11-19(6,7)23-15(12)17(16)22-9-2/h10H,8-9,11H2,1-7H3. The third-order valence-corrected chi connectivity index (χ3v) is 3.84. The van der Waals surface area contributed by atoms with E-state index in [2.05, 4.69) is 20.8 Å². The van der Waals surface area contributed by atoms with Gasteiger partial charge in [-0.2, -0.15) is 0 Å². The van der Waals surface area contributed by atoms with Crippen molar-refractivity contribution in [2.24, 2.45) is 0 Å². The van der Waals surface area contributed by atoms with Crippen molar-refractivity contribution in [2.75, 3.05) is 13.2 Å². The Balaban J connectivity index is 2.77. The van der Waals surface area contributed by atoms with E-state index >= 15 is 0 Å². The molecule has 2 rings (SSSR count). The Morgan fingerprint density at radius 2 is 1.70 bits per heavy atom. The van der Waals surface area contributed by atoms with Crippen molar-refractivity contribution in [1.29, 1.82) is 0 Å². The first-order valence-electron chi connectivity index (χ1n) is 8.30. The van der Waals surface area contributed by atoms with Crippen molar-refractivity contribution in [3.05, 3.63) is 17.2 Å².